The van der Waals surface area contributed by atoms with E-state index in [-0.39, 0.29) is 55.3 Å². The minimum atomic E-state index is -0.895. The number of amides is 2. The Hall–Kier alpha value is -4.06. The lowest BCUT2D eigenvalue weighted by molar-refractivity contribution is -0.141. The number of hydrogen-bond donors (Lipinski definition) is 2. The fourth-order valence-electron chi connectivity index (χ4n) is 5.48. The number of benzene rings is 1. The van der Waals surface area contributed by atoms with Crippen LogP contribution in [0.1, 0.15) is 88.1 Å². The highest BCUT2D eigenvalue weighted by molar-refractivity contribution is 7.13. The van der Waals surface area contributed by atoms with Gasteiger partial charge in [-0.3, -0.25) is 19.2 Å². The molecule has 3 heterocycles. The predicted octanol–water partition coefficient (Wildman–Crippen LogP) is 5.53. The number of carbonyl (C=O) groups is 4. The van der Waals surface area contributed by atoms with E-state index < -0.39 is 17.9 Å². The first-order chi connectivity index (χ1) is 21.6. The van der Waals surface area contributed by atoms with Gasteiger partial charge in [0.15, 0.2) is 11.5 Å². The maximum Gasteiger partial charge on any atom is 0.303 e. The second-order valence-corrected chi connectivity index (χ2v) is 12.7. The average molecular weight is 639 g/mol. The summed E-state index contributed by atoms with van der Waals surface area (Å²) in [5.41, 5.74) is 4.75. The molecule has 2 N–H and O–H groups in total. The monoisotopic (exact) mass is 638 g/mol. The van der Waals surface area contributed by atoms with E-state index in [0.29, 0.717) is 18.8 Å². The SMILES string of the molecule is Cc1ncsc1-c1ccc(CNC(=O)[C@@H]2CC(=O)CN2C(=O)C(c2cc(OCCCCCCCCC(=O)O)no2)C(C)C)cc1. The van der Waals surface area contributed by atoms with Gasteiger partial charge in [-0.1, -0.05) is 63.8 Å². The lowest BCUT2D eigenvalue weighted by Gasteiger charge is -2.28. The van der Waals surface area contributed by atoms with Crippen LogP contribution in [-0.2, 0) is 25.7 Å². The van der Waals surface area contributed by atoms with Crippen LogP contribution in [0.15, 0.2) is 40.4 Å². The van der Waals surface area contributed by atoms with Crippen LogP contribution >= 0.6 is 11.3 Å². The van der Waals surface area contributed by atoms with Crippen molar-refractivity contribution in [2.45, 2.75) is 90.6 Å². The second-order valence-electron chi connectivity index (χ2n) is 11.8. The van der Waals surface area contributed by atoms with Crippen molar-refractivity contribution in [1.82, 2.24) is 20.4 Å². The number of rotatable bonds is 17. The van der Waals surface area contributed by atoms with E-state index in [0.717, 1.165) is 53.8 Å². The van der Waals surface area contributed by atoms with Gasteiger partial charge in [-0.25, -0.2) is 4.98 Å². The molecule has 1 aliphatic rings. The van der Waals surface area contributed by atoms with Gasteiger partial charge in [-0.15, -0.1) is 11.3 Å². The number of hydrogen-bond acceptors (Lipinski definition) is 9. The molecule has 0 saturated carbocycles. The third-order valence-corrected chi connectivity index (χ3v) is 8.92. The van der Waals surface area contributed by atoms with E-state index in [2.05, 4.69) is 15.5 Å². The standard InChI is InChI=1S/C33H42N4O7S/c1-21(2)30(27-17-28(36-44-27)43-15-9-7-5-4-6-8-10-29(39)40)33(42)37-19-25(38)16-26(37)32(41)34-18-23-11-13-24(14-12-23)31-22(3)35-20-45-31/h11-14,17,20-21,26,30H,4-10,15-16,18-19H2,1-3H3,(H,34,41)(H,39,40)/t26-,30?/m0/s1. The van der Waals surface area contributed by atoms with Crippen molar-refractivity contribution in [2.75, 3.05) is 13.2 Å². The topological polar surface area (TPSA) is 152 Å². The molecule has 2 aromatic heterocycles. The molecule has 45 heavy (non-hydrogen) atoms. The van der Waals surface area contributed by atoms with Crippen molar-refractivity contribution in [1.29, 1.82) is 0 Å². The van der Waals surface area contributed by atoms with E-state index in [1.165, 1.54) is 4.90 Å². The minimum Gasteiger partial charge on any atom is -0.481 e. The summed E-state index contributed by atoms with van der Waals surface area (Å²) in [5.74, 6) is -1.95. The molecule has 1 unspecified atom stereocenters. The third kappa shape index (κ3) is 9.46. The highest BCUT2D eigenvalue weighted by Crippen LogP contribution is 2.32. The lowest BCUT2D eigenvalue weighted by atomic mass is 9.91. The number of unbranched alkanes of at least 4 members (excludes halogenated alkanes) is 5. The number of aryl methyl sites for hydroxylation is 1. The Morgan fingerprint density at radius 3 is 2.49 bits per heavy atom. The van der Waals surface area contributed by atoms with Gasteiger partial charge < -0.3 is 24.6 Å². The molecular formula is C33H42N4O7S. The van der Waals surface area contributed by atoms with Crippen molar-refractivity contribution in [3.8, 4) is 16.3 Å². The molecule has 4 rings (SSSR count). The molecule has 0 aliphatic carbocycles. The molecule has 11 nitrogen and oxygen atoms in total. The first-order valence-corrected chi connectivity index (χ1v) is 16.4. The molecule has 1 saturated heterocycles. The number of likely N-dealkylation sites (tertiary alicyclic amines) is 1. The summed E-state index contributed by atoms with van der Waals surface area (Å²) >= 11 is 1.58. The van der Waals surface area contributed by atoms with Gasteiger partial charge in [0.2, 0.25) is 11.8 Å². The van der Waals surface area contributed by atoms with Crippen LogP contribution in [-0.4, -0.2) is 62.9 Å². The first-order valence-electron chi connectivity index (χ1n) is 15.5. The average Bonchev–Trinajstić information content (AvgIpc) is 3.75. The van der Waals surface area contributed by atoms with Crippen LogP contribution < -0.4 is 10.1 Å². The lowest BCUT2D eigenvalue weighted by Crippen LogP contribution is -2.47. The number of ketones is 1. The molecule has 0 bridgehead atoms. The molecule has 2 amide bonds. The third-order valence-electron chi connectivity index (χ3n) is 7.94. The summed E-state index contributed by atoms with van der Waals surface area (Å²) in [6, 6.07) is 8.59. The van der Waals surface area contributed by atoms with Gasteiger partial charge in [0.05, 0.1) is 29.2 Å². The molecule has 0 radical (unpaired) electrons. The quantitative estimate of drug-likeness (QED) is 0.182. The van der Waals surface area contributed by atoms with Crippen molar-refractivity contribution >= 4 is 34.9 Å². The summed E-state index contributed by atoms with van der Waals surface area (Å²) < 4.78 is 11.3. The Balaban J connectivity index is 1.29. The van der Waals surface area contributed by atoms with Gasteiger partial charge in [-0.05, 0) is 42.0 Å². The predicted molar refractivity (Wildman–Crippen MR) is 169 cm³/mol. The Kier molecular flexibility index (Phi) is 12.3. The Bertz CT molecular complexity index is 1450. The molecule has 3 aromatic rings. The molecule has 1 fully saturated rings. The van der Waals surface area contributed by atoms with Crippen LogP contribution in [0.5, 0.6) is 5.88 Å². The van der Waals surface area contributed by atoms with Gasteiger partial charge in [0.1, 0.15) is 12.0 Å². The molecular weight excluding hydrogens is 596 g/mol. The zero-order valence-corrected chi connectivity index (χ0v) is 26.9. The number of thiazole rings is 1. The normalized spacial score (nSPS) is 15.4. The smallest absolute Gasteiger partial charge is 0.303 e. The summed E-state index contributed by atoms with van der Waals surface area (Å²) in [6.07, 6.45) is 5.53. The number of ether oxygens (including phenoxy) is 1. The number of carbonyl (C=O) groups excluding carboxylic acids is 3. The molecule has 1 aliphatic heterocycles. The van der Waals surface area contributed by atoms with E-state index >= 15 is 0 Å². The van der Waals surface area contributed by atoms with E-state index in [1.807, 2.05) is 50.5 Å². The minimum absolute atomic E-state index is 0.0314. The van der Waals surface area contributed by atoms with Crippen LogP contribution in [0.4, 0.5) is 0 Å². The number of aromatic nitrogens is 2. The summed E-state index contributed by atoms with van der Waals surface area (Å²) in [6.45, 7) is 6.32. The van der Waals surface area contributed by atoms with Crippen molar-refractivity contribution < 1.29 is 33.5 Å². The molecule has 242 valence electrons. The van der Waals surface area contributed by atoms with Crippen LogP contribution in [0.3, 0.4) is 0 Å². The highest BCUT2D eigenvalue weighted by Gasteiger charge is 2.43. The molecule has 0 spiro atoms. The number of carboxylic acid groups (broad SMARTS) is 1. The van der Waals surface area contributed by atoms with Crippen LogP contribution in [0.25, 0.3) is 10.4 Å². The zero-order chi connectivity index (χ0) is 32.3. The van der Waals surface area contributed by atoms with E-state index in [1.54, 1.807) is 17.4 Å². The van der Waals surface area contributed by atoms with Gasteiger partial charge in [0, 0.05) is 25.5 Å². The Morgan fingerprint density at radius 1 is 1.11 bits per heavy atom. The van der Waals surface area contributed by atoms with Gasteiger partial charge in [0.25, 0.3) is 5.88 Å². The molecule has 1 aromatic carbocycles. The maximum absolute atomic E-state index is 13.8. The van der Waals surface area contributed by atoms with Crippen molar-refractivity contribution in [2.24, 2.45) is 5.92 Å². The van der Waals surface area contributed by atoms with Crippen LogP contribution in [0.2, 0.25) is 0 Å². The number of nitrogens with one attached hydrogen (secondary N) is 1. The Morgan fingerprint density at radius 2 is 1.82 bits per heavy atom. The zero-order valence-electron chi connectivity index (χ0n) is 26.1. The summed E-state index contributed by atoms with van der Waals surface area (Å²) in [5, 5.41) is 15.6. The Labute approximate surface area is 267 Å². The van der Waals surface area contributed by atoms with E-state index in [4.69, 9.17) is 14.4 Å². The largest absolute Gasteiger partial charge is 0.481 e. The highest BCUT2D eigenvalue weighted by atomic mass is 32.1. The van der Waals surface area contributed by atoms with Gasteiger partial charge in [-0.2, -0.15) is 0 Å². The summed E-state index contributed by atoms with van der Waals surface area (Å²) in [7, 11) is 0. The fraction of sp³-hybridized carbons (Fsp3) is 0.515. The van der Waals surface area contributed by atoms with Crippen molar-refractivity contribution in [3.05, 3.63) is 52.9 Å². The summed E-state index contributed by atoms with van der Waals surface area (Å²) in [4.78, 5) is 56.8. The van der Waals surface area contributed by atoms with E-state index in [9.17, 15) is 19.2 Å². The van der Waals surface area contributed by atoms with Crippen molar-refractivity contribution in [3.63, 3.8) is 0 Å². The number of carboxylic acids is 1. The second kappa shape index (κ2) is 16.3. The van der Waals surface area contributed by atoms with Crippen LogP contribution in [0, 0.1) is 12.8 Å². The maximum atomic E-state index is 13.8. The molecule has 2 atom stereocenters. The first kappa shape index (κ1) is 33.8. The number of aliphatic carboxylic acids is 1. The number of nitrogens with zero attached hydrogens (tertiary/aromatic N) is 3. The molecule has 12 heteroatoms. The van der Waals surface area contributed by atoms with Gasteiger partial charge >= 0.3 is 5.97 Å². The fourth-order valence-corrected chi connectivity index (χ4v) is 6.29. The number of Topliss-reactive ketones (excluding diaryl/α,β-unsaturated/α-hetero) is 1.